The predicted octanol–water partition coefficient (Wildman–Crippen LogP) is 5.25. The van der Waals surface area contributed by atoms with Crippen molar-refractivity contribution in [1.82, 2.24) is 0 Å². The third kappa shape index (κ3) is 1.55. The van der Waals surface area contributed by atoms with Crippen molar-refractivity contribution >= 4 is 49.0 Å². The monoisotopic (exact) mass is 296 g/mol. The number of benzene rings is 1. The topological polar surface area (TPSA) is 0 Å². The number of hydrogen-bond acceptors (Lipinski definition) is 1. The Morgan fingerprint density at radius 3 is 2.79 bits per heavy atom. The highest BCUT2D eigenvalue weighted by atomic mass is 79.9. The zero-order valence-corrected chi connectivity index (χ0v) is 9.89. The molecule has 1 aromatic heterocycles. The summed E-state index contributed by atoms with van der Waals surface area (Å²) in [6.07, 6.45) is -2.53. The molecule has 2 aromatic rings. The quantitative estimate of drug-likeness (QED) is 0.674. The van der Waals surface area contributed by atoms with E-state index in [9.17, 15) is 8.78 Å². The van der Waals surface area contributed by atoms with Crippen molar-refractivity contribution in [2.75, 3.05) is 0 Å². The van der Waals surface area contributed by atoms with Gasteiger partial charge in [0.15, 0.2) is 0 Å². The van der Waals surface area contributed by atoms with Crippen LogP contribution in [0.25, 0.3) is 10.1 Å². The highest BCUT2D eigenvalue weighted by Gasteiger charge is 2.18. The van der Waals surface area contributed by atoms with Gasteiger partial charge in [-0.1, -0.05) is 27.5 Å². The maximum absolute atomic E-state index is 12.7. The Morgan fingerprint density at radius 1 is 1.43 bits per heavy atom. The van der Waals surface area contributed by atoms with E-state index in [0.29, 0.717) is 4.70 Å². The van der Waals surface area contributed by atoms with E-state index in [2.05, 4.69) is 15.9 Å². The fourth-order valence-corrected chi connectivity index (χ4v) is 3.42. The summed E-state index contributed by atoms with van der Waals surface area (Å²) < 4.78 is 26.7. The van der Waals surface area contributed by atoms with Gasteiger partial charge in [0.1, 0.15) is 0 Å². The molecular formula is C9H4BrClF2S. The minimum atomic E-state index is -2.53. The van der Waals surface area contributed by atoms with Crippen molar-refractivity contribution in [2.24, 2.45) is 0 Å². The molecule has 0 aliphatic rings. The van der Waals surface area contributed by atoms with Crippen LogP contribution in [0.2, 0.25) is 5.02 Å². The van der Waals surface area contributed by atoms with Gasteiger partial charge in [-0.15, -0.1) is 11.3 Å². The molecule has 0 saturated heterocycles. The molecule has 1 aromatic carbocycles. The van der Waals surface area contributed by atoms with Crippen LogP contribution in [0.3, 0.4) is 0 Å². The third-order valence-electron chi connectivity index (χ3n) is 1.90. The maximum atomic E-state index is 12.7. The van der Waals surface area contributed by atoms with E-state index in [-0.39, 0.29) is 10.6 Å². The lowest BCUT2D eigenvalue weighted by Crippen LogP contribution is -1.86. The molecule has 5 heteroatoms. The molecule has 0 bridgehead atoms. The van der Waals surface area contributed by atoms with Crippen molar-refractivity contribution in [3.05, 3.63) is 32.6 Å². The first-order valence-electron chi connectivity index (χ1n) is 3.74. The number of rotatable bonds is 1. The van der Waals surface area contributed by atoms with Crippen LogP contribution in [-0.4, -0.2) is 0 Å². The lowest BCUT2D eigenvalue weighted by Gasteiger charge is -2.05. The van der Waals surface area contributed by atoms with Gasteiger partial charge < -0.3 is 0 Å². The zero-order valence-electron chi connectivity index (χ0n) is 6.73. The second-order valence-electron chi connectivity index (χ2n) is 2.72. The lowest BCUT2D eigenvalue weighted by molar-refractivity contribution is 0.153. The fourth-order valence-electron chi connectivity index (χ4n) is 1.28. The van der Waals surface area contributed by atoms with Gasteiger partial charge in [-0.3, -0.25) is 0 Å². The van der Waals surface area contributed by atoms with Gasteiger partial charge in [-0.2, -0.15) is 0 Å². The van der Waals surface area contributed by atoms with Crippen LogP contribution in [0.1, 0.15) is 12.0 Å². The number of thiophene rings is 1. The summed E-state index contributed by atoms with van der Waals surface area (Å²) in [6, 6.07) is 3.31. The van der Waals surface area contributed by atoms with Crippen LogP contribution in [0.4, 0.5) is 8.78 Å². The first-order chi connectivity index (χ1) is 6.61. The summed E-state index contributed by atoms with van der Waals surface area (Å²) in [4.78, 5) is 0. The molecule has 0 atom stereocenters. The average Bonchev–Trinajstić information content (AvgIpc) is 2.51. The molecular weight excluding hydrogens is 294 g/mol. The highest BCUT2D eigenvalue weighted by Crippen LogP contribution is 2.40. The van der Waals surface area contributed by atoms with Gasteiger partial charge in [0, 0.05) is 14.6 Å². The Labute approximate surface area is 96.6 Å². The fraction of sp³-hybridized carbons (Fsp3) is 0.111. The summed E-state index contributed by atoms with van der Waals surface area (Å²) >= 11 is 10.3. The van der Waals surface area contributed by atoms with E-state index in [1.807, 2.05) is 0 Å². The molecule has 74 valence electrons. The SMILES string of the molecule is FC(F)c1c(Cl)cc(Br)c2ccsc12. The summed E-state index contributed by atoms with van der Waals surface area (Å²) in [5.41, 5.74) is -0.0696. The second-order valence-corrected chi connectivity index (χ2v) is 4.90. The Bertz CT molecular complexity index is 481. The van der Waals surface area contributed by atoms with E-state index in [4.69, 9.17) is 11.6 Å². The molecule has 0 saturated carbocycles. The van der Waals surface area contributed by atoms with Crippen LogP contribution >= 0.6 is 38.9 Å². The number of hydrogen-bond donors (Lipinski definition) is 0. The largest absolute Gasteiger partial charge is 0.266 e. The van der Waals surface area contributed by atoms with Gasteiger partial charge in [-0.25, -0.2) is 8.78 Å². The first kappa shape index (κ1) is 10.3. The van der Waals surface area contributed by atoms with Crippen molar-refractivity contribution < 1.29 is 8.78 Å². The van der Waals surface area contributed by atoms with Gasteiger partial charge in [0.05, 0.1) is 10.6 Å². The van der Waals surface area contributed by atoms with Crippen molar-refractivity contribution in [1.29, 1.82) is 0 Å². The zero-order chi connectivity index (χ0) is 10.3. The Morgan fingerprint density at radius 2 is 2.14 bits per heavy atom. The molecule has 0 aliphatic carbocycles. The molecule has 1 heterocycles. The minimum absolute atomic E-state index is 0.0696. The first-order valence-corrected chi connectivity index (χ1v) is 5.79. The Balaban J connectivity index is 2.86. The standard InChI is InChI=1S/C9H4BrClF2S/c10-5-3-6(11)7(9(12)13)8-4(5)1-2-14-8/h1-3,9H. The van der Waals surface area contributed by atoms with Crippen LogP contribution in [0, 0.1) is 0 Å². The van der Waals surface area contributed by atoms with Gasteiger partial charge in [-0.05, 0) is 17.5 Å². The van der Waals surface area contributed by atoms with Gasteiger partial charge in [0.2, 0.25) is 0 Å². The summed E-state index contributed by atoms with van der Waals surface area (Å²) in [6.45, 7) is 0. The predicted molar refractivity (Wildman–Crippen MR) is 59.5 cm³/mol. The second kappa shape index (κ2) is 3.76. The molecule has 0 spiro atoms. The molecule has 0 unspecified atom stereocenters. The molecule has 0 amide bonds. The molecule has 0 N–H and O–H groups in total. The lowest BCUT2D eigenvalue weighted by atomic mass is 10.2. The van der Waals surface area contributed by atoms with Crippen LogP contribution in [0.15, 0.2) is 22.0 Å². The van der Waals surface area contributed by atoms with E-state index in [1.54, 1.807) is 11.4 Å². The number of alkyl halides is 2. The Kier molecular flexibility index (Phi) is 2.77. The molecule has 14 heavy (non-hydrogen) atoms. The smallest absolute Gasteiger partial charge is 0.205 e. The van der Waals surface area contributed by atoms with Crippen LogP contribution in [-0.2, 0) is 0 Å². The molecule has 0 fully saturated rings. The maximum Gasteiger partial charge on any atom is 0.266 e. The summed E-state index contributed by atoms with van der Waals surface area (Å²) in [5, 5.41) is 2.67. The normalized spacial score (nSPS) is 11.5. The van der Waals surface area contributed by atoms with Crippen LogP contribution in [0.5, 0.6) is 0 Å². The van der Waals surface area contributed by atoms with Crippen molar-refractivity contribution in [2.45, 2.75) is 6.43 Å². The minimum Gasteiger partial charge on any atom is -0.205 e. The van der Waals surface area contributed by atoms with Crippen LogP contribution < -0.4 is 0 Å². The number of fused-ring (bicyclic) bond motifs is 1. The molecule has 0 aliphatic heterocycles. The summed E-state index contributed by atoms with van der Waals surface area (Å²) in [7, 11) is 0. The van der Waals surface area contributed by atoms with E-state index in [1.165, 1.54) is 17.4 Å². The third-order valence-corrected chi connectivity index (χ3v) is 3.81. The van der Waals surface area contributed by atoms with E-state index in [0.717, 1.165) is 9.86 Å². The highest BCUT2D eigenvalue weighted by molar-refractivity contribution is 9.10. The van der Waals surface area contributed by atoms with Gasteiger partial charge in [0.25, 0.3) is 6.43 Å². The van der Waals surface area contributed by atoms with Gasteiger partial charge >= 0.3 is 0 Å². The molecule has 2 rings (SSSR count). The summed E-state index contributed by atoms with van der Waals surface area (Å²) in [5.74, 6) is 0. The average molecular weight is 298 g/mol. The molecule has 0 nitrogen and oxygen atoms in total. The molecule has 0 radical (unpaired) electrons. The Hall–Kier alpha value is -0.190. The van der Waals surface area contributed by atoms with Crippen molar-refractivity contribution in [3.63, 3.8) is 0 Å². The number of halogens is 4. The van der Waals surface area contributed by atoms with E-state index < -0.39 is 6.43 Å². The van der Waals surface area contributed by atoms with E-state index >= 15 is 0 Å². The van der Waals surface area contributed by atoms with Crippen molar-refractivity contribution in [3.8, 4) is 0 Å².